The fourth-order valence-electron chi connectivity index (χ4n) is 2.49. The van der Waals surface area contributed by atoms with Crippen LogP contribution in [0.4, 0.5) is 5.69 Å². The summed E-state index contributed by atoms with van der Waals surface area (Å²) in [6.45, 7) is 8.75. The van der Waals surface area contributed by atoms with Crippen LogP contribution >= 0.6 is 11.8 Å². The van der Waals surface area contributed by atoms with Gasteiger partial charge in [0, 0.05) is 16.6 Å². The number of para-hydroxylation sites is 1. The zero-order chi connectivity index (χ0) is 14.5. The maximum atomic E-state index is 3.65. The third-order valence-electron chi connectivity index (χ3n) is 3.45. The molecule has 0 heterocycles. The molecule has 1 nitrogen and oxygen atoms in total. The Morgan fingerprint density at radius 1 is 1.10 bits per heavy atom. The van der Waals surface area contributed by atoms with E-state index >= 15 is 0 Å². The summed E-state index contributed by atoms with van der Waals surface area (Å²) >= 11 is 1.88. The van der Waals surface area contributed by atoms with Crippen LogP contribution in [0.15, 0.2) is 47.4 Å². The van der Waals surface area contributed by atoms with E-state index in [0.29, 0.717) is 6.04 Å². The molecule has 0 aliphatic heterocycles. The lowest BCUT2D eigenvalue weighted by Crippen LogP contribution is -2.09. The minimum Gasteiger partial charge on any atom is -0.378 e. The van der Waals surface area contributed by atoms with Crippen LogP contribution in [0, 0.1) is 13.8 Å². The monoisotopic (exact) mass is 285 g/mol. The van der Waals surface area contributed by atoms with Crippen molar-refractivity contribution >= 4 is 17.4 Å². The number of hydrogen-bond acceptors (Lipinski definition) is 2. The van der Waals surface area contributed by atoms with Crippen molar-refractivity contribution in [3.8, 4) is 0 Å². The summed E-state index contributed by atoms with van der Waals surface area (Å²) in [7, 11) is 0. The number of aryl methyl sites for hydroxylation is 2. The highest BCUT2D eigenvalue weighted by Gasteiger charge is 2.10. The second-order valence-corrected chi connectivity index (χ2v) is 6.46. The lowest BCUT2D eigenvalue weighted by atomic mass is 10.00. The first-order valence-corrected chi connectivity index (χ1v) is 8.16. The summed E-state index contributed by atoms with van der Waals surface area (Å²) in [5, 5.41) is 3.65. The molecule has 0 amide bonds. The molecule has 2 heteroatoms. The number of thioether (sulfide) groups is 1. The molecule has 0 fully saturated rings. The van der Waals surface area contributed by atoms with Gasteiger partial charge in [-0.15, -0.1) is 11.8 Å². The number of hydrogen-bond donors (Lipinski definition) is 1. The van der Waals surface area contributed by atoms with Crippen molar-refractivity contribution < 1.29 is 0 Å². The van der Waals surface area contributed by atoms with Crippen LogP contribution in [-0.4, -0.2) is 5.75 Å². The SMILES string of the molecule is CCSc1ccccc1NC(C)c1ccc(C)cc1C. The van der Waals surface area contributed by atoms with Crippen molar-refractivity contribution in [2.24, 2.45) is 0 Å². The molecule has 0 saturated heterocycles. The molecule has 1 atom stereocenters. The highest BCUT2D eigenvalue weighted by molar-refractivity contribution is 7.99. The molecule has 1 N–H and O–H groups in total. The summed E-state index contributed by atoms with van der Waals surface area (Å²) in [4.78, 5) is 1.33. The van der Waals surface area contributed by atoms with Gasteiger partial charge in [0.2, 0.25) is 0 Å². The van der Waals surface area contributed by atoms with E-state index in [1.807, 2.05) is 11.8 Å². The van der Waals surface area contributed by atoms with Crippen LogP contribution in [-0.2, 0) is 0 Å². The third-order valence-corrected chi connectivity index (χ3v) is 4.41. The van der Waals surface area contributed by atoms with Gasteiger partial charge in [-0.05, 0) is 49.8 Å². The van der Waals surface area contributed by atoms with Gasteiger partial charge in [-0.3, -0.25) is 0 Å². The second-order valence-electron chi connectivity index (χ2n) is 5.16. The summed E-state index contributed by atoms with van der Waals surface area (Å²) < 4.78 is 0. The van der Waals surface area contributed by atoms with E-state index in [9.17, 15) is 0 Å². The van der Waals surface area contributed by atoms with Crippen molar-refractivity contribution in [3.63, 3.8) is 0 Å². The summed E-state index contributed by atoms with van der Waals surface area (Å²) in [6.07, 6.45) is 0. The lowest BCUT2D eigenvalue weighted by molar-refractivity contribution is 0.868. The quantitative estimate of drug-likeness (QED) is 0.719. The smallest absolute Gasteiger partial charge is 0.0488 e. The maximum Gasteiger partial charge on any atom is 0.0488 e. The van der Waals surface area contributed by atoms with Crippen molar-refractivity contribution in [1.29, 1.82) is 0 Å². The summed E-state index contributed by atoms with van der Waals surface area (Å²) in [5.41, 5.74) is 5.27. The van der Waals surface area contributed by atoms with E-state index in [1.165, 1.54) is 27.3 Å². The molecule has 0 spiro atoms. The van der Waals surface area contributed by atoms with Crippen LogP contribution in [0.5, 0.6) is 0 Å². The molecular formula is C18H23NS. The van der Waals surface area contributed by atoms with Gasteiger partial charge in [-0.25, -0.2) is 0 Å². The van der Waals surface area contributed by atoms with Gasteiger partial charge in [-0.1, -0.05) is 42.8 Å². The van der Waals surface area contributed by atoms with Gasteiger partial charge in [-0.2, -0.15) is 0 Å². The molecule has 1 unspecified atom stereocenters. The van der Waals surface area contributed by atoms with Crippen LogP contribution in [0.1, 0.15) is 36.6 Å². The Morgan fingerprint density at radius 3 is 2.55 bits per heavy atom. The molecular weight excluding hydrogens is 262 g/mol. The summed E-state index contributed by atoms with van der Waals surface area (Å²) in [5.74, 6) is 1.09. The average molecular weight is 285 g/mol. The van der Waals surface area contributed by atoms with Gasteiger partial charge in [0.15, 0.2) is 0 Å². The van der Waals surface area contributed by atoms with Crippen molar-refractivity contribution in [1.82, 2.24) is 0 Å². The van der Waals surface area contributed by atoms with E-state index in [2.05, 4.69) is 75.5 Å². The number of benzene rings is 2. The predicted molar refractivity (Wildman–Crippen MR) is 90.8 cm³/mol. The Labute approximate surface area is 126 Å². The predicted octanol–water partition coefficient (Wildman–Crippen LogP) is 5.59. The molecule has 20 heavy (non-hydrogen) atoms. The fourth-order valence-corrected chi connectivity index (χ4v) is 3.26. The van der Waals surface area contributed by atoms with Gasteiger partial charge in [0.1, 0.15) is 0 Å². The van der Waals surface area contributed by atoms with Crippen molar-refractivity contribution in [2.75, 3.05) is 11.1 Å². The molecule has 106 valence electrons. The molecule has 0 radical (unpaired) electrons. The standard InChI is InChI=1S/C18H23NS/c1-5-20-18-9-7-6-8-17(18)19-15(4)16-11-10-13(2)12-14(16)3/h6-12,15,19H,5H2,1-4H3. The summed E-state index contributed by atoms with van der Waals surface area (Å²) in [6, 6.07) is 15.5. The second kappa shape index (κ2) is 6.85. The first kappa shape index (κ1) is 15.0. The molecule has 0 bridgehead atoms. The Hall–Kier alpha value is -1.41. The third kappa shape index (κ3) is 3.57. The van der Waals surface area contributed by atoms with Crippen molar-refractivity contribution in [3.05, 3.63) is 59.2 Å². The largest absolute Gasteiger partial charge is 0.378 e. The van der Waals surface area contributed by atoms with Crippen LogP contribution in [0.3, 0.4) is 0 Å². The van der Waals surface area contributed by atoms with E-state index in [1.54, 1.807) is 0 Å². The Bertz CT molecular complexity index is 577. The van der Waals surface area contributed by atoms with Gasteiger partial charge in [0.25, 0.3) is 0 Å². The number of anilines is 1. The van der Waals surface area contributed by atoms with Gasteiger partial charge in [0.05, 0.1) is 0 Å². The van der Waals surface area contributed by atoms with E-state index < -0.39 is 0 Å². The first-order chi connectivity index (χ1) is 9.61. The minimum absolute atomic E-state index is 0.314. The zero-order valence-corrected chi connectivity index (χ0v) is 13.6. The topological polar surface area (TPSA) is 12.0 Å². The highest BCUT2D eigenvalue weighted by Crippen LogP contribution is 2.30. The minimum atomic E-state index is 0.314. The van der Waals surface area contributed by atoms with Crippen molar-refractivity contribution in [2.45, 2.75) is 38.6 Å². The molecule has 2 aromatic carbocycles. The van der Waals surface area contributed by atoms with E-state index in [4.69, 9.17) is 0 Å². The van der Waals surface area contributed by atoms with Crippen LogP contribution in [0.2, 0.25) is 0 Å². The fraction of sp³-hybridized carbons (Fsp3) is 0.333. The molecule has 0 saturated carbocycles. The van der Waals surface area contributed by atoms with Crippen LogP contribution < -0.4 is 5.32 Å². The molecule has 0 aliphatic carbocycles. The number of rotatable bonds is 5. The molecule has 2 rings (SSSR count). The Kier molecular flexibility index (Phi) is 5.13. The Balaban J connectivity index is 2.21. The average Bonchev–Trinajstić information content (AvgIpc) is 2.41. The van der Waals surface area contributed by atoms with E-state index in [-0.39, 0.29) is 0 Å². The molecule has 0 aromatic heterocycles. The van der Waals surface area contributed by atoms with E-state index in [0.717, 1.165) is 5.75 Å². The van der Waals surface area contributed by atoms with Crippen LogP contribution in [0.25, 0.3) is 0 Å². The number of nitrogens with one attached hydrogen (secondary N) is 1. The van der Waals surface area contributed by atoms with Gasteiger partial charge >= 0.3 is 0 Å². The first-order valence-electron chi connectivity index (χ1n) is 7.17. The zero-order valence-electron chi connectivity index (χ0n) is 12.7. The van der Waals surface area contributed by atoms with Gasteiger partial charge < -0.3 is 5.32 Å². The molecule has 0 aliphatic rings. The highest BCUT2D eigenvalue weighted by atomic mass is 32.2. The lowest BCUT2D eigenvalue weighted by Gasteiger charge is -2.20. The normalized spacial score (nSPS) is 12.2. The molecule has 2 aromatic rings. The maximum absolute atomic E-state index is 3.65. The Morgan fingerprint density at radius 2 is 1.85 bits per heavy atom.